The van der Waals surface area contributed by atoms with E-state index in [0.29, 0.717) is 5.75 Å². The van der Waals surface area contributed by atoms with E-state index < -0.39 is 0 Å². The van der Waals surface area contributed by atoms with Crippen molar-refractivity contribution < 1.29 is 4.79 Å². The zero-order chi connectivity index (χ0) is 16.1. The number of hydrogen-bond acceptors (Lipinski definition) is 5. The Hall–Kier alpha value is -2.67. The van der Waals surface area contributed by atoms with E-state index in [1.165, 1.54) is 6.92 Å². The van der Waals surface area contributed by atoms with Crippen molar-refractivity contribution in [3.63, 3.8) is 0 Å². The minimum Gasteiger partial charge on any atom is -0.326 e. The fraction of sp³-hybridized carbons (Fsp3) is 0.125. The van der Waals surface area contributed by atoms with E-state index in [2.05, 4.69) is 20.8 Å². The molecule has 0 saturated carbocycles. The highest BCUT2D eigenvalue weighted by Crippen LogP contribution is 2.25. The second kappa shape index (κ2) is 7.06. The van der Waals surface area contributed by atoms with Crippen molar-refractivity contribution in [2.24, 2.45) is 0 Å². The third kappa shape index (κ3) is 3.95. The van der Waals surface area contributed by atoms with E-state index in [1.807, 2.05) is 54.6 Å². The molecule has 6 nitrogen and oxygen atoms in total. The van der Waals surface area contributed by atoms with Crippen molar-refractivity contribution in [2.45, 2.75) is 17.6 Å². The summed E-state index contributed by atoms with van der Waals surface area (Å²) in [6.07, 6.45) is 0. The maximum atomic E-state index is 11.1. The zero-order valence-electron chi connectivity index (χ0n) is 12.5. The van der Waals surface area contributed by atoms with Crippen LogP contribution in [0.15, 0.2) is 59.5 Å². The predicted octanol–water partition coefficient (Wildman–Crippen LogP) is 2.91. The summed E-state index contributed by atoms with van der Waals surface area (Å²) in [6, 6.07) is 17.5. The van der Waals surface area contributed by atoms with Crippen LogP contribution in [0.4, 0.5) is 5.69 Å². The molecule has 0 bridgehead atoms. The number of tetrazole rings is 1. The Kier molecular flexibility index (Phi) is 4.68. The molecule has 0 saturated heterocycles. The monoisotopic (exact) mass is 325 g/mol. The van der Waals surface area contributed by atoms with E-state index in [9.17, 15) is 4.79 Å². The zero-order valence-corrected chi connectivity index (χ0v) is 13.3. The molecule has 0 aliphatic carbocycles. The van der Waals surface area contributed by atoms with Gasteiger partial charge in [-0.2, -0.15) is 4.68 Å². The van der Waals surface area contributed by atoms with E-state index in [-0.39, 0.29) is 5.91 Å². The summed E-state index contributed by atoms with van der Waals surface area (Å²) in [4.78, 5) is 12.2. The summed E-state index contributed by atoms with van der Waals surface area (Å²) in [7, 11) is 0. The number of amides is 1. The Morgan fingerprint density at radius 3 is 2.78 bits per heavy atom. The Bertz CT molecular complexity index is 803. The Morgan fingerprint density at radius 2 is 2.00 bits per heavy atom. The molecule has 0 radical (unpaired) electrons. The molecule has 116 valence electrons. The van der Waals surface area contributed by atoms with Gasteiger partial charge in [0.25, 0.3) is 0 Å². The molecule has 3 aromatic rings. The van der Waals surface area contributed by atoms with Gasteiger partial charge in [-0.3, -0.25) is 4.79 Å². The van der Waals surface area contributed by atoms with Crippen LogP contribution in [-0.2, 0) is 10.5 Å². The molecular weight excluding hydrogens is 310 g/mol. The number of nitrogens with one attached hydrogen (secondary N) is 1. The lowest BCUT2D eigenvalue weighted by Gasteiger charge is -2.06. The SMILES string of the molecule is CC(=O)Nc1cccc(SCc2nnnn2-c2ccccc2)c1. The van der Waals surface area contributed by atoms with E-state index in [0.717, 1.165) is 22.1 Å². The first kappa shape index (κ1) is 15.2. The van der Waals surface area contributed by atoms with Crippen LogP contribution in [-0.4, -0.2) is 26.1 Å². The second-order valence-corrected chi connectivity index (χ2v) is 5.89. The second-order valence-electron chi connectivity index (χ2n) is 4.84. The lowest BCUT2D eigenvalue weighted by atomic mass is 10.3. The van der Waals surface area contributed by atoms with Crippen LogP contribution >= 0.6 is 11.8 Å². The molecule has 0 aliphatic heterocycles. The Morgan fingerprint density at radius 1 is 1.17 bits per heavy atom. The fourth-order valence-corrected chi connectivity index (χ4v) is 2.94. The van der Waals surface area contributed by atoms with Crippen LogP contribution in [0, 0.1) is 0 Å². The number of anilines is 1. The molecule has 2 aromatic carbocycles. The van der Waals surface area contributed by atoms with Gasteiger partial charge in [0, 0.05) is 17.5 Å². The van der Waals surface area contributed by atoms with Gasteiger partial charge >= 0.3 is 0 Å². The van der Waals surface area contributed by atoms with Gasteiger partial charge in [0.1, 0.15) is 0 Å². The van der Waals surface area contributed by atoms with Crippen LogP contribution in [0.3, 0.4) is 0 Å². The third-order valence-corrected chi connectivity index (χ3v) is 4.05. The van der Waals surface area contributed by atoms with Crippen molar-refractivity contribution in [2.75, 3.05) is 5.32 Å². The van der Waals surface area contributed by atoms with Crippen LogP contribution in [0.1, 0.15) is 12.7 Å². The molecule has 0 unspecified atom stereocenters. The van der Waals surface area contributed by atoms with Gasteiger partial charge in [0.15, 0.2) is 5.82 Å². The maximum absolute atomic E-state index is 11.1. The van der Waals surface area contributed by atoms with Crippen LogP contribution < -0.4 is 5.32 Å². The topological polar surface area (TPSA) is 72.7 Å². The fourth-order valence-electron chi connectivity index (χ4n) is 2.08. The average molecular weight is 325 g/mol. The standard InChI is InChI=1S/C16H15N5OS/c1-12(22)17-13-6-5-9-15(10-13)23-11-16-18-19-20-21(16)14-7-3-2-4-8-14/h2-10H,11H2,1H3,(H,17,22). The van der Waals surface area contributed by atoms with Gasteiger partial charge in [-0.1, -0.05) is 24.3 Å². The number of hydrogen-bond donors (Lipinski definition) is 1. The van der Waals surface area contributed by atoms with Gasteiger partial charge in [-0.05, 0) is 40.8 Å². The Labute approximate surface area is 137 Å². The number of benzene rings is 2. The number of para-hydroxylation sites is 1. The highest BCUT2D eigenvalue weighted by atomic mass is 32.2. The van der Waals surface area contributed by atoms with Crippen molar-refractivity contribution in [1.82, 2.24) is 20.2 Å². The van der Waals surface area contributed by atoms with E-state index in [4.69, 9.17) is 0 Å². The smallest absolute Gasteiger partial charge is 0.221 e. The lowest BCUT2D eigenvalue weighted by Crippen LogP contribution is -2.05. The summed E-state index contributed by atoms with van der Waals surface area (Å²) >= 11 is 1.61. The summed E-state index contributed by atoms with van der Waals surface area (Å²) in [6.45, 7) is 1.49. The number of carbonyl (C=O) groups excluding carboxylic acids is 1. The van der Waals surface area contributed by atoms with Crippen molar-refractivity contribution in [3.8, 4) is 5.69 Å². The van der Waals surface area contributed by atoms with Crippen molar-refractivity contribution >= 4 is 23.4 Å². The third-order valence-electron chi connectivity index (χ3n) is 3.06. The molecule has 23 heavy (non-hydrogen) atoms. The number of carbonyl (C=O) groups is 1. The largest absolute Gasteiger partial charge is 0.326 e. The Balaban J connectivity index is 1.72. The van der Waals surface area contributed by atoms with E-state index in [1.54, 1.807) is 16.4 Å². The van der Waals surface area contributed by atoms with E-state index >= 15 is 0 Å². The van der Waals surface area contributed by atoms with Crippen LogP contribution in [0.5, 0.6) is 0 Å². The molecular formula is C16H15N5OS. The van der Waals surface area contributed by atoms with Crippen molar-refractivity contribution in [1.29, 1.82) is 0 Å². The summed E-state index contributed by atoms with van der Waals surface area (Å²) in [5.74, 6) is 1.32. The highest BCUT2D eigenvalue weighted by Gasteiger charge is 2.08. The molecule has 1 N–H and O–H groups in total. The van der Waals surface area contributed by atoms with Crippen LogP contribution in [0.25, 0.3) is 5.69 Å². The van der Waals surface area contributed by atoms with Gasteiger partial charge in [0.05, 0.1) is 11.4 Å². The molecule has 0 fully saturated rings. The number of rotatable bonds is 5. The number of nitrogens with zero attached hydrogens (tertiary/aromatic N) is 4. The predicted molar refractivity (Wildman–Crippen MR) is 89.5 cm³/mol. The molecule has 1 aromatic heterocycles. The first-order valence-electron chi connectivity index (χ1n) is 7.05. The average Bonchev–Trinajstić information content (AvgIpc) is 3.02. The molecule has 0 aliphatic rings. The lowest BCUT2D eigenvalue weighted by molar-refractivity contribution is -0.114. The van der Waals surface area contributed by atoms with Gasteiger partial charge in [-0.25, -0.2) is 0 Å². The van der Waals surface area contributed by atoms with Crippen LogP contribution in [0.2, 0.25) is 0 Å². The van der Waals surface area contributed by atoms with Gasteiger partial charge in [-0.15, -0.1) is 16.9 Å². The van der Waals surface area contributed by atoms with Crippen molar-refractivity contribution in [3.05, 3.63) is 60.4 Å². The first-order chi connectivity index (χ1) is 11.2. The highest BCUT2D eigenvalue weighted by molar-refractivity contribution is 7.98. The summed E-state index contributed by atoms with van der Waals surface area (Å²) < 4.78 is 1.73. The van der Waals surface area contributed by atoms with Gasteiger partial charge in [0.2, 0.25) is 5.91 Å². The minimum absolute atomic E-state index is 0.0832. The number of thioether (sulfide) groups is 1. The molecule has 1 amide bonds. The first-order valence-corrected chi connectivity index (χ1v) is 8.04. The quantitative estimate of drug-likeness (QED) is 0.730. The summed E-state index contributed by atoms with van der Waals surface area (Å²) in [5, 5.41) is 14.7. The molecule has 1 heterocycles. The molecule has 3 rings (SSSR count). The van der Waals surface area contributed by atoms with Gasteiger partial charge < -0.3 is 5.32 Å². The molecule has 0 atom stereocenters. The minimum atomic E-state index is -0.0832. The number of aromatic nitrogens is 4. The molecule has 7 heteroatoms. The summed E-state index contributed by atoms with van der Waals surface area (Å²) in [5.41, 5.74) is 1.71. The normalized spacial score (nSPS) is 10.5. The maximum Gasteiger partial charge on any atom is 0.221 e. The molecule has 0 spiro atoms.